The Labute approximate surface area is 226 Å². The molecule has 0 N–H and O–H groups in total. The van der Waals surface area contributed by atoms with E-state index >= 15 is 0 Å². The molecular weight excluding hydrogens is 530 g/mol. The monoisotopic (exact) mass is 560 g/mol. The molecule has 8 nitrogen and oxygen atoms in total. The summed E-state index contributed by atoms with van der Waals surface area (Å²) < 4.78 is 71.8. The largest absolute Gasteiger partial charge is 0.497 e. The van der Waals surface area contributed by atoms with E-state index in [0.717, 1.165) is 33.6 Å². The van der Waals surface area contributed by atoms with Crippen molar-refractivity contribution in [2.75, 3.05) is 46.9 Å². The number of ether oxygens (including phenoxy) is 3. The van der Waals surface area contributed by atoms with Gasteiger partial charge in [-0.3, -0.25) is 4.90 Å². The Hall–Kier alpha value is -3.38. The first-order valence-electron chi connectivity index (χ1n) is 12.3. The van der Waals surface area contributed by atoms with E-state index < -0.39 is 32.5 Å². The maximum absolute atomic E-state index is 14.2. The van der Waals surface area contributed by atoms with Gasteiger partial charge in [0.15, 0.2) is 4.90 Å². The first-order valence-corrected chi connectivity index (χ1v) is 13.8. The number of nitrogens with zero attached hydrogens (tertiary/aromatic N) is 2. The van der Waals surface area contributed by atoms with Crippen molar-refractivity contribution < 1.29 is 36.2 Å². The number of hydrogen-bond acceptors (Lipinski definition) is 7. The van der Waals surface area contributed by atoms with Crippen LogP contribution in [0.15, 0.2) is 71.6 Å². The molecule has 3 aromatic rings. The van der Waals surface area contributed by atoms with Crippen LogP contribution in [-0.4, -0.2) is 70.5 Å². The van der Waals surface area contributed by atoms with Crippen molar-refractivity contribution in [3.8, 4) is 5.75 Å². The highest BCUT2D eigenvalue weighted by atomic mass is 32.2. The van der Waals surface area contributed by atoms with Gasteiger partial charge in [0.25, 0.3) is 0 Å². The van der Waals surface area contributed by atoms with Gasteiger partial charge in [-0.2, -0.15) is 4.31 Å². The van der Waals surface area contributed by atoms with Crippen LogP contribution in [0.1, 0.15) is 27.6 Å². The molecule has 39 heavy (non-hydrogen) atoms. The molecule has 208 valence electrons. The van der Waals surface area contributed by atoms with Gasteiger partial charge in [0.2, 0.25) is 10.0 Å². The van der Waals surface area contributed by atoms with Crippen LogP contribution in [-0.2, 0) is 26.1 Å². The van der Waals surface area contributed by atoms with Gasteiger partial charge in [0.1, 0.15) is 17.4 Å². The maximum atomic E-state index is 14.2. The van der Waals surface area contributed by atoms with Crippen LogP contribution < -0.4 is 4.74 Å². The van der Waals surface area contributed by atoms with Gasteiger partial charge in [0, 0.05) is 32.7 Å². The summed E-state index contributed by atoms with van der Waals surface area (Å²) in [6.45, 7) is 1.59. The van der Waals surface area contributed by atoms with E-state index in [0.29, 0.717) is 30.9 Å². The molecule has 4 rings (SSSR count). The molecule has 0 amide bonds. The number of sulfonamides is 1. The number of hydrogen-bond donors (Lipinski definition) is 0. The Morgan fingerprint density at radius 3 is 2.18 bits per heavy atom. The van der Waals surface area contributed by atoms with Gasteiger partial charge in [-0.15, -0.1) is 0 Å². The minimum atomic E-state index is -4.32. The zero-order valence-electron chi connectivity index (χ0n) is 21.7. The number of benzene rings is 3. The number of halogens is 2. The topological polar surface area (TPSA) is 85.4 Å². The molecule has 11 heteroatoms. The molecule has 0 saturated carbocycles. The van der Waals surface area contributed by atoms with Crippen LogP contribution in [0, 0.1) is 11.6 Å². The molecule has 1 saturated heterocycles. The third-order valence-electron chi connectivity index (χ3n) is 6.56. The standard InChI is InChI=1S/C28H30F2N2O6S/c1-36-23-6-3-5-22(17-23)26(38-19-20-9-11-21(12-10-20)28(33)37-2)18-31-13-15-32(16-14-31)39(34,35)27-24(29)7-4-8-25(27)30/h3-12,17,26H,13-16,18-19H2,1-2H3. The second-order valence-electron chi connectivity index (χ2n) is 9.02. The molecule has 0 radical (unpaired) electrons. The van der Waals surface area contributed by atoms with E-state index in [1.807, 2.05) is 29.2 Å². The van der Waals surface area contributed by atoms with Crippen molar-refractivity contribution in [3.63, 3.8) is 0 Å². The molecule has 0 aliphatic carbocycles. The van der Waals surface area contributed by atoms with Gasteiger partial charge in [-0.25, -0.2) is 22.0 Å². The summed E-state index contributed by atoms with van der Waals surface area (Å²) in [6, 6.07) is 17.4. The van der Waals surface area contributed by atoms with Crippen LogP contribution in [0.5, 0.6) is 5.75 Å². The Bertz CT molecular complexity index is 1370. The predicted molar refractivity (Wildman–Crippen MR) is 140 cm³/mol. The Morgan fingerprint density at radius 2 is 1.56 bits per heavy atom. The van der Waals surface area contributed by atoms with Crippen LogP contribution in [0.4, 0.5) is 8.78 Å². The summed E-state index contributed by atoms with van der Waals surface area (Å²) in [5.41, 5.74) is 2.18. The van der Waals surface area contributed by atoms with Gasteiger partial charge in [-0.05, 0) is 47.5 Å². The number of carbonyl (C=O) groups is 1. The minimum Gasteiger partial charge on any atom is -0.497 e. The van der Waals surface area contributed by atoms with E-state index in [2.05, 4.69) is 0 Å². The highest BCUT2D eigenvalue weighted by molar-refractivity contribution is 7.89. The zero-order chi connectivity index (χ0) is 28.0. The van der Waals surface area contributed by atoms with Gasteiger partial charge in [-0.1, -0.05) is 30.3 Å². The fourth-order valence-corrected chi connectivity index (χ4v) is 5.92. The summed E-state index contributed by atoms with van der Waals surface area (Å²) in [5.74, 6) is -1.96. The smallest absolute Gasteiger partial charge is 0.337 e. The Kier molecular flexibility index (Phi) is 9.28. The van der Waals surface area contributed by atoms with Crippen LogP contribution in [0.25, 0.3) is 0 Å². The van der Waals surface area contributed by atoms with Gasteiger partial charge < -0.3 is 14.2 Å². The van der Waals surface area contributed by atoms with Crippen molar-refractivity contribution >= 4 is 16.0 Å². The summed E-state index contributed by atoms with van der Waals surface area (Å²) in [5, 5.41) is 0. The summed E-state index contributed by atoms with van der Waals surface area (Å²) in [7, 11) is -1.41. The molecular formula is C28H30F2N2O6S. The molecule has 1 heterocycles. The third kappa shape index (κ3) is 6.80. The van der Waals surface area contributed by atoms with Crippen molar-refractivity contribution in [2.24, 2.45) is 0 Å². The first-order chi connectivity index (χ1) is 18.7. The molecule has 0 spiro atoms. The number of carbonyl (C=O) groups excluding carboxylic acids is 1. The normalized spacial score (nSPS) is 15.6. The molecule has 1 aliphatic heterocycles. The van der Waals surface area contributed by atoms with Crippen molar-refractivity contribution in [1.29, 1.82) is 0 Å². The summed E-state index contributed by atoms with van der Waals surface area (Å²) in [4.78, 5) is 12.8. The fraction of sp³-hybridized carbons (Fsp3) is 0.321. The SMILES string of the molecule is COC(=O)c1ccc(COC(CN2CCN(S(=O)(=O)c3c(F)cccc3F)CC2)c2cccc(OC)c2)cc1. The molecule has 1 unspecified atom stereocenters. The number of piperazine rings is 1. The molecule has 1 fully saturated rings. The first kappa shape index (κ1) is 28.6. The lowest BCUT2D eigenvalue weighted by molar-refractivity contribution is 0.00759. The third-order valence-corrected chi connectivity index (χ3v) is 8.51. The highest BCUT2D eigenvalue weighted by Crippen LogP contribution is 2.27. The number of rotatable bonds is 10. The van der Waals surface area contributed by atoms with Crippen LogP contribution in [0.3, 0.4) is 0 Å². The van der Waals surface area contributed by atoms with Gasteiger partial charge in [0.05, 0.1) is 32.5 Å². The van der Waals surface area contributed by atoms with E-state index in [9.17, 15) is 22.0 Å². The van der Waals surface area contributed by atoms with Crippen molar-refractivity contribution in [3.05, 3.63) is 95.1 Å². The average Bonchev–Trinajstić information content (AvgIpc) is 2.95. The fourth-order valence-electron chi connectivity index (χ4n) is 4.39. The van der Waals surface area contributed by atoms with E-state index in [-0.39, 0.29) is 25.8 Å². The quantitative estimate of drug-likeness (QED) is 0.346. The predicted octanol–water partition coefficient (Wildman–Crippen LogP) is 4.02. The second-order valence-corrected chi connectivity index (χ2v) is 10.9. The lowest BCUT2D eigenvalue weighted by Crippen LogP contribution is -2.49. The van der Waals surface area contributed by atoms with E-state index in [4.69, 9.17) is 14.2 Å². The lowest BCUT2D eigenvalue weighted by Gasteiger charge is -2.36. The Balaban J connectivity index is 1.45. The average molecular weight is 561 g/mol. The molecule has 0 aromatic heterocycles. The molecule has 3 aromatic carbocycles. The van der Waals surface area contributed by atoms with Crippen molar-refractivity contribution in [1.82, 2.24) is 9.21 Å². The zero-order valence-corrected chi connectivity index (χ0v) is 22.5. The van der Waals surface area contributed by atoms with Gasteiger partial charge >= 0.3 is 5.97 Å². The molecule has 1 aliphatic rings. The maximum Gasteiger partial charge on any atom is 0.337 e. The molecule has 1 atom stereocenters. The highest BCUT2D eigenvalue weighted by Gasteiger charge is 2.33. The second kappa shape index (κ2) is 12.6. The summed E-state index contributed by atoms with van der Waals surface area (Å²) >= 11 is 0. The molecule has 0 bridgehead atoms. The van der Waals surface area contributed by atoms with Crippen molar-refractivity contribution in [2.45, 2.75) is 17.6 Å². The lowest BCUT2D eigenvalue weighted by atomic mass is 10.1. The summed E-state index contributed by atoms with van der Waals surface area (Å²) in [6.07, 6.45) is -0.382. The number of esters is 1. The van der Waals surface area contributed by atoms with E-state index in [1.54, 1.807) is 31.4 Å². The van der Waals surface area contributed by atoms with Crippen LogP contribution in [0.2, 0.25) is 0 Å². The number of methoxy groups -OCH3 is 2. The Morgan fingerprint density at radius 1 is 0.923 bits per heavy atom. The van der Waals surface area contributed by atoms with Crippen LogP contribution >= 0.6 is 0 Å². The minimum absolute atomic E-state index is 0.0793. The van der Waals surface area contributed by atoms with E-state index in [1.165, 1.54) is 7.11 Å².